The normalized spacial score (nSPS) is 12.0. The molecule has 2 aromatic rings. The summed E-state index contributed by atoms with van der Waals surface area (Å²) in [6.45, 7) is 5.02. The number of methoxy groups -OCH3 is 1. The topological polar surface area (TPSA) is 105 Å². The molecule has 0 aliphatic heterocycles. The second-order valence-corrected chi connectivity index (χ2v) is 6.23. The highest BCUT2D eigenvalue weighted by Crippen LogP contribution is 2.16. The molecule has 0 fully saturated rings. The van der Waals surface area contributed by atoms with Crippen LogP contribution in [-0.2, 0) is 11.8 Å². The summed E-state index contributed by atoms with van der Waals surface area (Å²) in [4.78, 5) is 15.0. The molecule has 3 N–H and O–H groups in total. The number of guanidine groups is 1. The zero-order chi connectivity index (χ0) is 19.5. The van der Waals surface area contributed by atoms with Crippen molar-refractivity contribution in [3.63, 3.8) is 0 Å². The molecule has 0 spiro atoms. The zero-order valence-corrected chi connectivity index (χ0v) is 16.7. The number of nitrogens with one attached hydrogen (secondary N) is 3. The van der Waals surface area contributed by atoms with Crippen LogP contribution in [0.15, 0.2) is 17.5 Å². The van der Waals surface area contributed by atoms with Gasteiger partial charge in [-0.3, -0.25) is 9.67 Å². The van der Waals surface area contributed by atoms with E-state index in [0.29, 0.717) is 6.54 Å². The van der Waals surface area contributed by atoms with Gasteiger partial charge in [0, 0.05) is 60.5 Å². The van der Waals surface area contributed by atoms with Gasteiger partial charge in [-0.15, -0.1) is 0 Å². The minimum atomic E-state index is 0.707. The van der Waals surface area contributed by atoms with E-state index in [1.54, 1.807) is 31.4 Å². The van der Waals surface area contributed by atoms with Crippen molar-refractivity contribution in [2.24, 2.45) is 12.0 Å². The molecule has 2 aromatic heterocycles. The quantitative estimate of drug-likeness (QED) is 0.283. The standard InChI is InChI=1S/C17H31N9O/c1-18-17(21-8-10-25(2)9-5-11-27-4)20-7-6-19-15-14-12-24-26(3)16(14)23-13-22-15/h12-13H,5-11H2,1-4H3,(H2,18,20,21)(H,19,22,23). The summed E-state index contributed by atoms with van der Waals surface area (Å²) in [5.74, 6) is 1.58. The Bertz CT molecular complexity index is 715. The Morgan fingerprint density at radius 1 is 1.22 bits per heavy atom. The van der Waals surface area contributed by atoms with E-state index in [2.05, 4.69) is 48.0 Å². The van der Waals surface area contributed by atoms with Crippen molar-refractivity contribution in [3.05, 3.63) is 12.5 Å². The predicted octanol–water partition coefficient (Wildman–Crippen LogP) is -0.0915. The van der Waals surface area contributed by atoms with Crippen molar-refractivity contribution in [1.82, 2.24) is 35.3 Å². The van der Waals surface area contributed by atoms with Gasteiger partial charge in [-0.05, 0) is 13.5 Å². The van der Waals surface area contributed by atoms with Gasteiger partial charge in [-0.1, -0.05) is 0 Å². The number of likely N-dealkylation sites (N-methyl/N-ethyl adjacent to an activating group) is 1. The number of aliphatic imine (C=N–C) groups is 1. The summed E-state index contributed by atoms with van der Waals surface area (Å²) in [6.07, 6.45) is 4.36. The zero-order valence-electron chi connectivity index (χ0n) is 16.7. The summed E-state index contributed by atoms with van der Waals surface area (Å²) >= 11 is 0. The molecule has 0 radical (unpaired) electrons. The Balaban J connectivity index is 1.66. The second-order valence-electron chi connectivity index (χ2n) is 6.23. The van der Waals surface area contributed by atoms with Crippen molar-refractivity contribution < 1.29 is 4.74 Å². The van der Waals surface area contributed by atoms with Crippen LogP contribution in [0.4, 0.5) is 5.82 Å². The average Bonchev–Trinajstić information content (AvgIpc) is 3.06. The Hall–Kier alpha value is -2.46. The molecule has 10 heteroatoms. The van der Waals surface area contributed by atoms with Crippen LogP contribution in [0, 0.1) is 0 Å². The lowest BCUT2D eigenvalue weighted by Gasteiger charge is -2.18. The lowest BCUT2D eigenvalue weighted by Crippen LogP contribution is -2.42. The molecular formula is C17H31N9O. The van der Waals surface area contributed by atoms with E-state index in [4.69, 9.17) is 4.74 Å². The molecule has 150 valence electrons. The van der Waals surface area contributed by atoms with Crippen LogP contribution in [0.3, 0.4) is 0 Å². The molecule has 0 aliphatic rings. The van der Waals surface area contributed by atoms with Crippen molar-refractivity contribution in [2.75, 3.05) is 65.9 Å². The number of aryl methyl sites for hydroxylation is 1. The van der Waals surface area contributed by atoms with Gasteiger partial charge in [-0.25, -0.2) is 9.97 Å². The number of fused-ring (bicyclic) bond motifs is 1. The Morgan fingerprint density at radius 2 is 2.04 bits per heavy atom. The van der Waals surface area contributed by atoms with E-state index in [9.17, 15) is 0 Å². The smallest absolute Gasteiger partial charge is 0.191 e. The predicted molar refractivity (Wildman–Crippen MR) is 108 cm³/mol. The van der Waals surface area contributed by atoms with Gasteiger partial charge in [-0.2, -0.15) is 5.10 Å². The van der Waals surface area contributed by atoms with Crippen LogP contribution in [0.25, 0.3) is 11.0 Å². The Morgan fingerprint density at radius 3 is 2.81 bits per heavy atom. The van der Waals surface area contributed by atoms with Gasteiger partial charge in [0.25, 0.3) is 0 Å². The number of aromatic nitrogens is 4. The van der Waals surface area contributed by atoms with Crippen LogP contribution in [0.2, 0.25) is 0 Å². The van der Waals surface area contributed by atoms with E-state index in [1.807, 2.05) is 7.05 Å². The second kappa shape index (κ2) is 11.3. The van der Waals surface area contributed by atoms with Crippen molar-refractivity contribution in [1.29, 1.82) is 0 Å². The number of rotatable bonds is 11. The summed E-state index contributed by atoms with van der Waals surface area (Å²) in [7, 11) is 7.48. The number of ether oxygens (including phenoxy) is 1. The van der Waals surface area contributed by atoms with Gasteiger partial charge in [0.2, 0.25) is 0 Å². The van der Waals surface area contributed by atoms with Gasteiger partial charge < -0.3 is 25.6 Å². The molecule has 0 saturated carbocycles. The average molecular weight is 377 g/mol. The molecule has 27 heavy (non-hydrogen) atoms. The molecule has 0 aliphatic carbocycles. The number of anilines is 1. The lowest BCUT2D eigenvalue weighted by atomic mass is 10.4. The van der Waals surface area contributed by atoms with Gasteiger partial charge in [0.1, 0.15) is 12.1 Å². The van der Waals surface area contributed by atoms with Crippen LogP contribution < -0.4 is 16.0 Å². The maximum Gasteiger partial charge on any atom is 0.191 e. The van der Waals surface area contributed by atoms with Crippen LogP contribution in [-0.4, -0.2) is 91.1 Å². The van der Waals surface area contributed by atoms with Crippen molar-refractivity contribution >= 4 is 22.8 Å². The lowest BCUT2D eigenvalue weighted by molar-refractivity contribution is 0.180. The first-order valence-electron chi connectivity index (χ1n) is 9.14. The van der Waals surface area contributed by atoms with Crippen LogP contribution in [0.5, 0.6) is 0 Å². The number of hydrogen-bond acceptors (Lipinski definition) is 7. The highest BCUT2D eigenvalue weighted by atomic mass is 16.5. The van der Waals surface area contributed by atoms with E-state index in [-0.39, 0.29) is 0 Å². The fraction of sp³-hybridized carbons (Fsp3) is 0.647. The fourth-order valence-corrected chi connectivity index (χ4v) is 2.64. The third kappa shape index (κ3) is 6.65. The number of nitrogens with zero attached hydrogens (tertiary/aromatic N) is 6. The molecule has 0 bridgehead atoms. The van der Waals surface area contributed by atoms with E-state index in [0.717, 1.165) is 62.0 Å². The molecule has 2 rings (SSSR count). The first-order chi connectivity index (χ1) is 13.2. The van der Waals surface area contributed by atoms with Crippen molar-refractivity contribution in [2.45, 2.75) is 6.42 Å². The van der Waals surface area contributed by atoms with E-state index < -0.39 is 0 Å². The molecule has 10 nitrogen and oxygen atoms in total. The third-order valence-corrected chi connectivity index (χ3v) is 4.14. The van der Waals surface area contributed by atoms with Crippen LogP contribution in [0.1, 0.15) is 6.42 Å². The molecule has 0 unspecified atom stereocenters. The molecule has 0 saturated heterocycles. The first-order valence-corrected chi connectivity index (χ1v) is 9.14. The van der Waals surface area contributed by atoms with Gasteiger partial charge in [0.05, 0.1) is 11.6 Å². The van der Waals surface area contributed by atoms with E-state index in [1.165, 1.54) is 0 Å². The molecule has 0 aromatic carbocycles. The molecule has 2 heterocycles. The third-order valence-electron chi connectivity index (χ3n) is 4.14. The van der Waals surface area contributed by atoms with Crippen molar-refractivity contribution in [3.8, 4) is 0 Å². The largest absolute Gasteiger partial charge is 0.385 e. The van der Waals surface area contributed by atoms with E-state index >= 15 is 0 Å². The fourth-order valence-electron chi connectivity index (χ4n) is 2.64. The Labute approximate surface area is 160 Å². The molecular weight excluding hydrogens is 346 g/mol. The monoisotopic (exact) mass is 377 g/mol. The minimum absolute atomic E-state index is 0.707. The SMILES string of the molecule is CN=C(NCCNc1ncnc2c1cnn2C)NCCN(C)CCCOC. The summed E-state index contributed by atoms with van der Waals surface area (Å²) in [6, 6.07) is 0. The Kier molecular flexibility index (Phi) is 8.72. The highest BCUT2D eigenvalue weighted by molar-refractivity contribution is 5.86. The summed E-state index contributed by atoms with van der Waals surface area (Å²) in [5.41, 5.74) is 0.813. The van der Waals surface area contributed by atoms with Gasteiger partial charge >= 0.3 is 0 Å². The minimum Gasteiger partial charge on any atom is -0.385 e. The maximum atomic E-state index is 5.07. The summed E-state index contributed by atoms with van der Waals surface area (Å²) < 4.78 is 6.81. The summed E-state index contributed by atoms with van der Waals surface area (Å²) in [5, 5.41) is 15.1. The van der Waals surface area contributed by atoms with Gasteiger partial charge in [0.15, 0.2) is 11.6 Å². The van der Waals surface area contributed by atoms with Crippen LogP contribution >= 0.6 is 0 Å². The molecule has 0 atom stereocenters. The number of hydrogen-bond donors (Lipinski definition) is 3. The highest BCUT2D eigenvalue weighted by Gasteiger charge is 2.07. The maximum absolute atomic E-state index is 5.07. The molecule has 0 amide bonds. The first kappa shape index (κ1) is 20.8.